The first-order chi connectivity index (χ1) is 15.1. The molecule has 1 unspecified atom stereocenters. The number of amides is 1. The van der Waals surface area contributed by atoms with E-state index in [1.807, 2.05) is 18.2 Å². The first-order valence-corrected chi connectivity index (χ1v) is 11.9. The summed E-state index contributed by atoms with van der Waals surface area (Å²) in [5.41, 5.74) is 2.40. The minimum atomic E-state index is 0.0410. The molecule has 1 N–H and O–H groups in total. The summed E-state index contributed by atoms with van der Waals surface area (Å²) in [5, 5.41) is 3.81. The van der Waals surface area contributed by atoms with Crippen molar-refractivity contribution in [1.29, 1.82) is 0 Å². The molecule has 1 saturated heterocycles. The Hall–Kier alpha value is -2.51. The van der Waals surface area contributed by atoms with Gasteiger partial charge in [-0.3, -0.25) is 19.1 Å². The van der Waals surface area contributed by atoms with Gasteiger partial charge in [0, 0.05) is 18.0 Å². The number of carbonyl (C=O) groups excluding carboxylic acids is 1. The molecular weight excluding hydrogens is 408 g/mol. The number of hydrogen-bond acceptors (Lipinski definition) is 5. The van der Waals surface area contributed by atoms with Gasteiger partial charge in [-0.1, -0.05) is 37.3 Å². The molecule has 31 heavy (non-hydrogen) atoms. The van der Waals surface area contributed by atoms with Crippen LogP contribution in [-0.4, -0.2) is 46.5 Å². The highest BCUT2D eigenvalue weighted by Gasteiger charge is 2.25. The van der Waals surface area contributed by atoms with Crippen molar-refractivity contribution in [3.05, 3.63) is 63.0 Å². The maximum absolute atomic E-state index is 13.3. The molecule has 1 atom stereocenters. The van der Waals surface area contributed by atoms with Crippen LogP contribution < -0.4 is 10.9 Å². The molecule has 0 aliphatic carbocycles. The molecule has 1 aliphatic rings. The first-order valence-electron chi connectivity index (χ1n) is 11.1. The highest BCUT2D eigenvalue weighted by atomic mass is 32.1. The van der Waals surface area contributed by atoms with E-state index in [1.165, 1.54) is 10.4 Å². The zero-order chi connectivity index (χ0) is 21.8. The Balaban J connectivity index is 1.39. The quantitative estimate of drug-likeness (QED) is 0.615. The molecule has 1 aromatic carbocycles. The largest absolute Gasteiger partial charge is 0.355 e. The number of fused-ring (bicyclic) bond motifs is 1. The Kier molecular flexibility index (Phi) is 6.83. The second kappa shape index (κ2) is 9.75. The van der Waals surface area contributed by atoms with Crippen molar-refractivity contribution in [3.8, 4) is 0 Å². The Bertz CT molecular complexity index is 1110. The van der Waals surface area contributed by atoms with Crippen LogP contribution in [0.5, 0.6) is 0 Å². The fourth-order valence-corrected chi connectivity index (χ4v) is 5.58. The zero-order valence-corrected chi connectivity index (χ0v) is 19.1. The van der Waals surface area contributed by atoms with Crippen molar-refractivity contribution in [2.45, 2.75) is 45.6 Å². The van der Waals surface area contributed by atoms with Crippen LogP contribution in [0.2, 0.25) is 0 Å². The Morgan fingerprint density at radius 3 is 2.87 bits per heavy atom. The molecule has 0 radical (unpaired) electrons. The maximum Gasteiger partial charge on any atom is 0.262 e. The Morgan fingerprint density at radius 1 is 1.29 bits per heavy atom. The molecule has 164 valence electrons. The molecule has 0 bridgehead atoms. The van der Waals surface area contributed by atoms with Crippen molar-refractivity contribution >= 4 is 27.5 Å². The molecule has 1 fully saturated rings. The summed E-state index contributed by atoms with van der Waals surface area (Å²) in [5.74, 6) is 0.0410. The van der Waals surface area contributed by atoms with Crippen molar-refractivity contribution in [2.75, 3.05) is 26.2 Å². The molecule has 0 spiro atoms. The highest BCUT2D eigenvalue weighted by molar-refractivity contribution is 7.18. The summed E-state index contributed by atoms with van der Waals surface area (Å²) in [4.78, 5) is 34.5. The number of benzene rings is 1. The summed E-state index contributed by atoms with van der Waals surface area (Å²) in [7, 11) is 0. The fourth-order valence-electron chi connectivity index (χ4n) is 4.51. The molecule has 3 aromatic rings. The summed E-state index contributed by atoms with van der Waals surface area (Å²) in [6.45, 7) is 6.73. The van der Waals surface area contributed by atoms with Gasteiger partial charge in [0.1, 0.15) is 4.83 Å². The number of thiophene rings is 1. The maximum atomic E-state index is 13.3. The molecule has 7 heteroatoms. The lowest BCUT2D eigenvalue weighted by Gasteiger charge is -2.33. The van der Waals surface area contributed by atoms with E-state index in [0.717, 1.165) is 48.0 Å². The number of nitrogens with zero attached hydrogens (tertiary/aromatic N) is 3. The standard InChI is InChI=1S/C24H30N4O2S/c1-3-20-17(2)31-23-22(20)24(30)28(16-26-23)19-10-7-13-27(14-19)15-21(29)25-12-11-18-8-5-4-6-9-18/h4-6,8-9,16,19H,3,7,10-15H2,1-2H3,(H,25,29). The van der Waals surface area contributed by atoms with Crippen LogP contribution in [0.4, 0.5) is 0 Å². The number of carbonyl (C=O) groups is 1. The zero-order valence-electron chi connectivity index (χ0n) is 18.3. The molecular formula is C24H30N4O2S. The number of likely N-dealkylation sites (tertiary alicyclic amines) is 1. The van der Waals surface area contributed by atoms with Gasteiger partial charge in [0.25, 0.3) is 5.56 Å². The third-order valence-corrected chi connectivity index (χ3v) is 7.17. The molecule has 1 amide bonds. The van der Waals surface area contributed by atoms with Gasteiger partial charge in [-0.15, -0.1) is 11.3 Å². The van der Waals surface area contributed by atoms with Crippen molar-refractivity contribution in [3.63, 3.8) is 0 Å². The van der Waals surface area contributed by atoms with Gasteiger partial charge in [-0.2, -0.15) is 0 Å². The van der Waals surface area contributed by atoms with Crippen molar-refractivity contribution in [2.24, 2.45) is 0 Å². The van der Waals surface area contributed by atoms with Crippen molar-refractivity contribution in [1.82, 2.24) is 19.8 Å². The van der Waals surface area contributed by atoms with Gasteiger partial charge in [-0.25, -0.2) is 4.98 Å². The number of aromatic nitrogens is 2. The second-order valence-corrected chi connectivity index (χ2v) is 9.45. The second-order valence-electron chi connectivity index (χ2n) is 8.24. The van der Waals surface area contributed by atoms with E-state index >= 15 is 0 Å². The monoisotopic (exact) mass is 438 g/mol. The lowest BCUT2D eigenvalue weighted by Crippen LogP contribution is -2.44. The summed E-state index contributed by atoms with van der Waals surface area (Å²) in [6, 6.07) is 10.2. The van der Waals surface area contributed by atoms with E-state index in [-0.39, 0.29) is 17.5 Å². The van der Waals surface area contributed by atoms with Gasteiger partial charge in [0.2, 0.25) is 5.91 Å². The van der Waals surface area contributed by atoms with Crippen LogP contribution in [0.15, 0.2) is 41.5 Å². The van der Waals surface area contributed by atoms with Gasteiger partial charge in [0.05, 0.1) is 24.3 Å². The van der Waals surface area contributed by atoms with E-state index in [1.54, 1.807) is 22.2 Å². The lowest BCUT2D eigenvalue weighted by molar-refractivity contribution is -0.122. The van der Waals surface area contributed by atoms with Crippen LogP contribution in [0.1, 0.15) is 41.8 Å². The smallest absolute Gasteiger partial charge is 0.262 e. The molecule has 1 aliphatic heterocycles. The fraction of sp³-hybridized carbons (Fsp3) is 0.458. The van der Waals surface area contributed by atoms with E-state index in [4.69, 9.17) is 0 Å². The first kappa shape index (κ1) is 21.7. The molecule has 2 aromatic heterocycles. The third kappa shape index (κ3) is 4.88. The predicted molar refractivity (Wildman–Crippen MR) is 126 cm³/mol. The highest BCUT2D eigenvalue weighted by Crippen LogP contribution is 2.28. The number of aryl methyl sites for hydroxylation is 2. The van der Waals surface area contributed by atoms with Gasteiger partial charge >= 0.3 is 0 Å². The predicted octanol–water partition coefficient (Wildman–Crippen LogP) is 3.32. The van der Waals surface area contributed by atoms with Crippen LogP contribution in [-0.2, 0) is 17.6 Å². The molecule has 0 saturated carbocycles. The minimum Gasteiger partial charge on any atom is -0.355 e. The number of hydrogen-bond donors (Lipinski definition) is 1. The van der Waals surface area contributed by atoms with Gasteiger partial charge in [0.15, 0.2) is 0 Å². The van der Waals surface area contributed by atoms with Crippen LogP contribution >= 0.6 is 11.3 Å². The lowest BCUT2D eigenvalue weighted by atomic mass is 10.0. The minimum absolute atomic E-state index is 0.0410. The van der Waals surface area contributed by atoms with Crippen molar-refractivity contribution < 1.29 is 4.79 Å². The summed E-state index contributed by atoms with van der Waals surface area (Å²) in [6.07, 6.45) is 5.27. The molecule has 3 heterocycles. The van der Waals surface area contributed by atoms with E-state index < -0.39 is 0 Å². The van der Waals surface area contributed by atoms with E-state index in [0.29, 0.717) is 19.6 Å². The third-order valence-electron chi connectivity index (χ3n) is 6.11. The SMILES string of the molecule is CCc1c(C)sc2ncn(C3CCCN(CC(=O)NCCc4ccccc4)C3)c(=O)c12. The van der Waals surface area contributed by atoms with E-state index in [9.17, 15) is 9.59 Å². The Labute approximate surface area is 186 Å². The summed E-state index contributed by atoms with van der Waals surface area (Å²) < 4.78 is 1.80. The average Bonchev–Trinajstić information content (AvgIpc) is 3.11. The average molecular weight is 439 g/mol. The van der Waals surface area contributed by atoms with Crippen LogP contribution in [0.25, 0.3) is 10.2 Å². The molecule has 4 rings (SSSR count). The number of nitrogens with one attached hydrogen (secondary N) is 1. The Morgan fingerprint density at radius 2 is 2.10 bits per heavy atom. The topological polar surface area (TPSA) is 67.2 Å². The molecule has 6 nitrogen and oxygen atoms in total. The van der Waals surface area contributed by atoms with Crippen LogP contribution in [0, 0.1) is 6.92 Å². The number of piperidine rings is 1. The van der Waals surface area contributed by atoms with E-state index in [2.05, 4.69) is 41.2 Å². The van der Waals surface area contributed by atoms with Gasteiger partial charge < -0.3 is 5.32 Å². The van der Waals surface area contributed by atoms with Gasteiger partial charge in [-0.05, 0) is 50.3 Å². The summed E-state index contributed by atoms with van der Waals surface area (Å²) >= 11 is 1.60. The normalized spacial score (nSPS) is 17.2. The number of rotatable bonds is 7. The van der Waals surface area contributed by atoms with Crippen LogP contribution in [0.3, 0.4) is 0 Å².